The maximum atomic E-state index is 11.4. The van der Waals surface area contributed by atoms with Crippen molar-refractivity contribution in [2.24, 2.45) is 5.16 Å². The molecule has 2 aromatic carbocycles. The van der Waals surface area contributed by atoms with Gasteiger partial charge in [-0.15, -0.1) is 0 Å². The summed E-state index contributed by atoms with van der Waals surface area (Å²) in [5.41, 5.74) is 3.67. The standard InChI is InChI=1S/C27H33NO6/c1-6-32-25-24(30-4)19(3)33-27(26(25)31-5)34-28-17-22-11-9-20(10-12-22)7-8-21-13-15-23(16-14-21)18(2)29/h7-17,19,24-27H,6H2,1-5H3. The summed E-state index contributed by atoms with van der Waals surface area (Å²) in [6.07, 6.45) is 3.64. The Hall–Kier alpha value is -2.84. The van der Waals surface area contributed by atoms with Crippen molar-refractivity contribution in [3.05, 3.63) is 70.8 Å². The number of benzene rings is 2. The highest BCUT2D eigenvalue weighted by Crippen LogP contribution is 2.28. The van der Waals surface area contributed by atoms with Gasteiger partial charge in [0.25, 0.3) is 6.29 Å². The van der Waals surface area contributed by atoms with Gasteiger partial charge in [0.15, 0.2) is 11.9 Å². The van der Waals surface area contributed by atoms with Gasteiger partial charge in [0.05, 0.1) is 12.3 Å². The zero-order valence-electron chi connectivity index (χ0n) is 20.3. The van der Waals surface area contributed by atoms with Gasteiger partial charge in [-0.25, -0.2) is 0 Å². The number of carbonyl (C=O) groups excluding carboxylic acids is 1. The first kappa shape index (κ1) is 25.8. The minimum absolute atomic E-state index is 0.0624. The molecule has 34 heavy (non-hydrogen) atoms. The van der Waals surface area contributed by atoms with Gasteiger partial charge in [-0.05, 0) is 37.5 Å². The molecule has 3 rings (SSSR count). The van der Waals surface area contributed by atoms with Gasteiger partial charge < -0.3 is 23.8 Å². The van der Waals surface area contributed by atoms with Gasteiger partial charge in [-0.3, -0.25) is 4.79 Å². The molecule has 0 bridgehead atoms. The second kappa shape index (κ2) is 12.6. The van der Waals surface area contributed by atoms with E-state index in [1.54, 1.807) is 27.4 Å². The van der Waals surface area contributed by atoms with Crippen molar-refractivity contribution >= 4 is 24.1 Å². The molecule has 0 radical (unpaired) electrons. The third-order valence-electron chi connectivity index (χ3n) is 5.72. The van der Waals surface area contributed by atoms with E-state index in [4.69, 9.17) is 23.8 Å². The van der Waals surface area contributed by atoms with Crippen molar-refractivity contribution in [3.8, 4) is 0 Å². The predicted molar refractivity (Wildman–Crippen MR) is 132 cm³/mol. The third kappa shape index (κ3) is 6.61. The van der Waals surface area contributed by atoms with E-state index >= 15 is 0 Å². The van der Waals surface area contributed by atoms with Crippen molar-refractivity contribution in [3.63, 3.8) is 0 Å². The Morgan fingerprint density at radius 1 is 0.912 bits per heavy atom. The molecule has 0 saturated carbocycles. The summed E-state index contributed by atoms with van der Waals surface area (Å²) >= 11 is 0. The molecule has 2 aromatic rings. The Morgan fingerprint density at radius 3 is 2.00 bits per heavy atom. The van der Waals surface area contributed by atoms with E-state index in [9.17, 15) is 4.79 Å². The molecular formula is C27H33NO6. The second-order valence-electron chi connectivity index (χ2n) is 8.05. The summed E-state index contributed by atoms with van der Waals surface area (Å²) in [6, 6.07) is 15.4. The van der Waals surface area contributed by atoms with Crippen LogP contribution in [0.4, 0.5) is 0 Å². The van der Waals surface area contributed by atoms with Gasteiger partial charge in [-0.1, -0.05) is 65.8 Å². The third-order valence-corrected chi connectivity index (χ3v) is 5.72. The summed E-state index contributed by atoms with van der Waals surface area (Å²) in [7, 11) is 3.22. The normalized spacial score (nSPS) is 25.1. The average molecular weight is 468 g/mol. The topological polar surface area (TPSA) is 75.6 Å². The molecule has 1 fully saturated rings. The minimum Gasteiger partial charge on any atom is -0.376 e. The van der Waals surface area contributed by atoms with Gasteiger partial charge in [0, 0.05) is 26.4 Å². The molecule has 0 aliphatic carbocycles. The monoisotopic (exact) mass is 467 g/mol. The molecule has 1 saturated heterocycles. The first-order chi connectivity index (χ1) is 16.5. The van der Waals surface area contributed by atoms with Crippen molar-refractivity contribution in [1.29, 1.82) is 0 Å². The van der Waals surface area contributed by atoms with E-state index in [0.717, 1.165) is 16.7 Å². The van der Waals surface area contributed by atoms with Crippen LogP contribution in [0, 0.1) is 0 Å². The van der Waals surface area contributed by atoms with E-state index in [-0.39, 0.29) is 24.1 Å². The molecule has 0 aromatic heterocycles. The Bertz CT molecular complexity index is 970. The summed E-state index contributed by atoms with van der Waals surface area (Å²) in [4.78, 5) is 17.0. The quantitative estimate of drug-likeness (QED) is 0.220. The van der Waals surface area contributed by atoms with Crippen LogP contribution >= 0.6 is 0 Å². The lowest BCUT2D eigenvalue weighted by atomic mass is 9.99. The number of ether oxygens (including phenoxy) is 4. The highest BCUT2D eigenvalue weighted by atomic mass is 16.8. The van der Waals surface area contributed by atoms with Crippen molar-refractivity contribution < 1.29 is 28.6 Å². The first-order valence-electron chi connectivity index (χ1n) is 11.4. The van der Waals surface area contributed by atoms with Crippen LogP contribution in [0.5, 0.6) is 0 Å². The SMILES string of the molecule is CCOC1C(OC)C(C)OC(ON=Cc2ccc(C=Cc3ccc(C(C)=O)cc3)cc2)C1OC. The molecule has 5 unspecified atom stereocenters. The molecule has 0 N–H and O–H groups in total. The Kier molecular flexibility index (Phi) is 9.53. The number of hydrogen-bond donors (Lipinski definition) is 0. The van der Waals surface area contributed by atoms with Crippen molar-refractivity contribution in [2.45, 2.75) is 51.5 Å². The minimum atomic E-state index is -0.712. The van der Waals surface area contributed by atoms with Crippen LogP contribution in [0.3, 0.4) is 0 Å². The van der Waals surface area contributed by atoms with Crippen molar-refractivity contribution in [2.75, 3.05) is 20.8 Å². The van der Waals surface area contributed by atoms with Gasteiger partial charge in [0.2, 0.25) is 0 Å². The number of hydrogen-bond acceptors (Lipinski definition) is 7. The van der Waals surface area contributed by atoms with Crippen LogP contribution < -0.4 is 0 Å². The summed E-state index contributed by atoms with van der Waals surface area (Å²) in [6.45, 7) is 5.93. The van der Waals surface area contributed by atoms with E-state index in [1.807, 2.05) is 74.5 Å². The number of carbonyl (C=O) groups is 1. The smallest absolute Gasteiger partial charge is 0.256 e. The number of Topliss-reactive ketones (excluding diaryl/α,β-unsaturated/α-hetero) is 1. The van der Waals surface area contributed by atoms with Crippen LogP contribution in [0.15, 0.2) is 53.7 Å². The summed E-state index contributed by atoms with van der Waals surface area (Å²) < 4.78 is 22.9. The van der Waals surface area contributed by atoms with E-state index in [0.29, 0.717) is 12.2 Å². The largest absolute Gasteiger partial charge is 0.376 e. The fourth-order valence-electron chi connectivity index (χ4n) is 3.88. The van der Waals surface area contributed by atoms with E-state index in [2.05, 4.69) is 5.16 Å². The molecular weight excluding hydrogens is 434 g/mol. The van der Waals surface area contributed by atoms with E-state index in [1.165, 1.54) is 0 Å². The second-order valence-corrected chi connectivity index (χ2v) is 8.05. The average Bonchev–Trinajstić information content (AvgIpc) is 2.84. The van der Waals surface area contributed by atoms with Crippen LogP contribution in [-0.4, -0.2) is 63.5 Å². The van der Waals surface area contributed by atoms with Crippen LogP contribution in [0.25, 0.3) is 12.2 Å². The molecule has 1 heterocycles. The zero-order chi connectivity index (χ0) is 24.5. The van der Waals surface area contributed by atoms with Gasteiger partial charge in [-0.2, -0.15) is 0 Å². The van der Waals surface area contributed by atoms with Crippen molar-refractivity contribution in [1.82, 2.24) is 0 Å². The first-order valence-corrected chi connectivity index (χ1v) is 11.4. The maximum Gasteiger partial charge on any atom is 0.256 e. The molecule has 182 valence electrons. The van der Waals surface area contributed by atoms with Crippen LogP contribution in [0.2, 0.25) is 0 Å². The number of methoxy groups -OCH3 is 2. The maximum absolute atomic E-state index is 11.4. The van der Waals surface area contributed by atoms with Gasteiger partial charge in [0.1, 0.15) is 12.2 Å². The lowest BCUT2D eigenvalue weighted by Gasteiger charge is -2.42. The number of rotatable bonds is 10. The zero-order valence-corrected chi connectivity index (χ0v) is 20.3. The summed E-state index contributed by atoms with van der Waals surface area (Å²) in [5, 5.41) is 4.12. The summed E-state index contributed by atoms with van der Waals surface area (Å²) in [5.74, 6) is 0.0624. The van der Waals surface area contributed by atoms with Crippen LogP contribution in [-0.2, 0) is 23.8 Å². The fourth-order valence-corrected chi connectivity index (χ4v) is 3.88. The van der Waals surface area contributed by atoms with E-state index < -0.39 is 12.4 Å². The van der Waals surface area contributed by atoms with Gasteiger partial charge >= 0.3 is 0 Å². The highest BCUT2D eigenvalue weighted by Gasteiger charge is 2.47. The Labute approximate surface area is 201 Å². The highest BCUT2D eigenvalue weighted by molar-refractivity contribution is 5.94. The molecule has 7 heteroatoms. The Morgan fingerprint density at radius 2 is 1.47 bits per heavy atom. The molecule has 0 amide bonds. The molecule has 5 atom stereocenters. The lowest BCUT2D eigenvalue weighted by molar-refractivity contribution is -0.308. The molecule has 1 aliphatic rings. The molecule has 7 nitrogen and oxygen atoms in total. The predicted octanol–water partition coefficient (Wildman–Crippen LogP) is 4.59. The number of ketones is 1. The fraction of sp³-hybridized carbons (Fsp3) is 0.407. The number of oxime groups is 1. The number of nitrogens with zero attached hydrogens (tertiary/aromatic N) is 1. The lowest BCUT2D eigenvalue weighted by Crippen LogP contribution is -2.59. The van der Waals surface area contributed by atoms with Crippen LogP contribution in [0.1, 0.15) is 47.8 Å². The Balaban J connectivity index is 1.59. The molecule has 0 spiro atoms. The molecule has 1 aliphatic heterocycles.